The van der Waals surface area contributed by atoms with Gasteiger partial charge in [0.2, 0.25) is 5.91 Å². The van der Waals surface area contributed by atoms with E-state index in [9.17, 15) is 14.4 Å². The molecule has 2 heterocycles. The van der Waals surface area contributed by atoms with Crippen LogP contribution in [0.4, 0.5) is 10.6 Å². The molecule has 11 heteroatoms. The summed E-state index contributed by atoms with van der Waals surface area (Å²) in [5.74, 6) is 0.0981. The molecule has 0 radical (unpaired) electrons. The minimum Gasteiger partial charge on any atom is -0.382 e. The van der Waals surface area contributed by atoms with Crippen LogP contribution in [0.5, 0.6) is 0 Å². The van der Waals surface area contributed by atoms with Crippen LogP contribution in [-0.4, -0.2) is 84.6 Å². The van der Waals surface area contributed by atoms with Crippen LogP contribution in [0.25, 0.3) is 0 Å². The molecule has 1 atom stereocenters. The second-order valence-electron chi connectivity index (χ2n) is 7.19. The van der Waals surface area contributed by atoms with Crippen molar-refractivity contribution in [3.05, 3.63) is 18.1 Å². The maximum absolute atomic E-state index is 12.5. The number of rotatable bonds is 8. The van der Waals surface area contributed by atoms with Gasteiger partial charge >= 0.3 is 6.03 Å². The number of likely N-dealkylation sites (tertiary alicyclic amines) is 1. The molecule has 1 aromatic rings. The molecule has 1 aliphatic rings. The molecule has 0 aromatic carbocycles. The van der Waals surface area contributed by atoms with Gasteiger partial charge in [-0.15, -0.1) is 0 Å². The van der Waals surface area contributed by atoms with Crippen molar-refractivity contribution in [1.29, 1.82) is 0 Å². The normalized spacial score (nSPS) is 15.7. The van der Waals surface area contributed by atoms with Crippen LogP contribution in [0, 0.1) is 0 Å². The average molecular weight is 424 g/mol. The number of carbonyl (C=O) groups is 3. The fourth-order valence-corrected chi connectivity index (χ4v) is 2.76. The van der Waals surface area contributed by atoms with E-state index in [1.54, 1.807) is 18.7 Å². The fourth-order valence-electron chi connectivity index (χ4n) is 2.76. The van der Waals surface area contributed by atoms with E-state index in [0.717, 1.165) is 13.0 Å². The lowest BCUT2D eigenvalue weighted by Crippen LogP contribution is -2.57. The topological polar surface area (TPSA) is 152 Å². The molecular weight excluding hydrogens is 390 g/mol. The summed E-state index contributed by atoms with van der Waals surface area (Å²) in [5, 5.41) is 8.37. The Labute approximate surface area is 177 Å². The molecule has 2 rings (SSSR count). The highest BCUT2D eigenvalue weighted by Crippen LogP contribution is 2.17. The molecule has 168 valence electrons. The number of nitrogens with one attached hydrogen (secondary N) is 3. The number of anilines is 1. The smallest absolute Gasteiger partial charge is 0.315 e. The van der Waals surface area contributed by atoms with Crippen LogP contribution in [0.1, 0.15) is 37.7 Å². The first-order chi connectivity index (χ1) is 14.2. The highest BCUT2D eigenvalue weighted by Gasteiger charge is 2.37. The van der Waals surface area contributed by atoms with Crippen molar-refractivity contribution in [2.45, 2.75) is 38.8 Å². The molecule has 0 saturated carbocycles. The number of aldehydes is 1. The van der Waals surface area contributed by atoms with E-state index in [0.29, 0.717) is 32.5 Å². The molecule has 11 nitrogen and oxygen atoms in total. The van der Waals surface area contributed by atoms with Crippen molar-refractivity contribution in [2.24, 2.45) is 0 Å². The van der Waals surface area contributed by atoms with E-state index in [1.807, 2.05) is 14.0 Å². The summed E-state index contributed by atoms with van der Waals surface area (Å²) < 4.78 is 5.70. The first kappa shape index (κ1) is 25.2. The van der Waals surface area contributed by atoms with Crippen LogP contribution in [0.3, 0.4) is 0 Å². The Morgan fingerprint density at radius 1 is 1.37 bits per heavy atom. The Hall–Kier alpha value is -2.79. The van der Waals surface area contributed by atoms with Crippen LogP contribution >= 0.6 is 0 Å². The minimum absolute atomic E-state index is 0.0755. The summed E-state index contributed by atoms with van der Waals surface area (Å²) in [6.45, 7) is 8.51. The third-order valence-corrected chi connectivity index (χ3v) is 4.30. The van der Waals surface area contributed by atoms with Crippen molar-refractivity contribution >= 4 is 24.0 Å². The predicted molar refractivity (Wildman–Crippen MR) is 113 cm³/mol. The van der Waals surface area contributed by atoms with E-state index in [-0.39, 0.29) is 29.6 Å². The van der Waals surface area contributed by atoms with Gasteiger partial charge in [-0.25, -0.2) is 14.8 Å². The van der Waals surface area contributed by atoms with Gasteiger partial charge in [0.25, 0.3) is 0 Å². The van der Waals surface area contributed by atoms with E-state index < -0.39 is 5.54 Å². The molecule has 0 spiro atoms. The highest BCUT2D eigenvalue weighted by atomic mass is 16.5. The largest absolute Gasteiger partial charge is 0.382 e. The van der Waals surface area contributed by atoms with Crippen LogP contribution in [0.15, 0.2) is 12.4 Å². The maximum Gasteiger partial charge on any atom is 0.315 e. The van der Waals surface area contributed by atoms with Crippen molar-refractivity contribution in [2.75, 3.05) is 45.6 Å². The number of ether oxygens (including phenoxy) is 1. The van der Waals surface area contributed by atoms with Gasteiger partial charge in [-0.05, 0) is 34.2 Å². The van der Waals surface area contributed by atoms with Gasteiger partial charge in [0, 0.05) is 38.6 Å². The number of nitrogens with two attached hydrogens (primary N) is 1. The Balaban J connectivity index is 0.000000414. The zero-order chi connectivity index (χ0) is 22.6. The van der Waals surface area contributed by atoms with E-state index >= 15 is 0 Å². The van der Waals surface area contributed by atoms with Crippen molar-refractivity contribution < 1.29 is 19.1 Å². The van der Waals surface area contributed by atoms with Crippen molar-refractivity contribution in [3.63, 3.8) is 0 Å². The number of amides is 3. The van der Waals surface area contributed by atoms with Gasteiger partial charge in [-0.3, -0.25) is 9.59 Å². The number of likely N-dealkylation sites (N-methyl/N-ethyl adjacent to an activating group) is 1. The van der Waals surface area contributed by atoms with Gasteiger partial charge in [0.15, 0.2) is 12.1 Å². The number of hydrogen-bond donors (Lipinski definition) is 4. The molecule has 5 N–H and O–H groups in total. The molecule has 1 aromatic heterocycles. The van der Waals surface area contributed by atoms with Crippen LogP contribution < -0.4 is 21.7 Å². The Kier molecular flexibility index (Phi) is 10.7. The van der Waals surface area contributed by atoms with E-state index in [2.05, 4.69) is 25.9 Å². The average Bonchev–Trinajstić information content (AvgIpc) is 3.17. The lowest BCUT2D eigenvalue weighted by molar-refractivity contribution is -0.136. The summed E-state index contributed by atoms with van der Waals surface area (Å²) in [6, 6.07) is -0.322. The summed E-state index contributed by atoms with van der Waals surface area (Å²) in [6.07, 6.45) is 4.35. The summed E-state index contributed by atoms with van der Waals surface area (Å²) in [7, 11) is 1.88. The third-order valence-electron chi connectivity index (χ3n) is 4.30. The second kappa shape index (κ2) is 12.7. The number of urea groups is 1. The van der Waals surface area contributed by atoms with Crippen LogP contribution in [0.2, 0.25) is 0 Å². The third kappa shape index (κ3) is 8.29. The molecular formula is C19H33N7O4. The Morgan fingerprint density at radius 3 is 2.63 bits per heavy atom. The molecule has 1 unspecified atom stereocenters. The minimum atomic E-state index is -0.918. The quantitative estimate of drug-likeness (QED) is 0.331. The summed E-state index contributed by atoms with van der Waals surface area (Å²) >= 11 is 0. The zero-order valence-electron chi connectivity index (χ0n) is 18.1. The molecule has 30 heavy (non-hydrogen) atoms. The zero-order valence-corrected chi connectivity index (χ0v) is 18.1. The summed E-state index contributed by atoms with van der Waals surface area (Å²) in [5.41, 5.74) is 4.50. The molecule has 1 fully saturated rings. The first-order valence-electron chi connectivity index (χ1n) is 9.88. The number of nitrogens with zero attached hydrogens (tertiary/aromatic N) is 3. The number of aromatic nitrogens is 2. The molecule has 1 saturated heterocycles. The molecule has 0 bridgehead atoms. The van der Waals surface area contributed by atoms with Crippen molar-refractivity contribution in [1.82, 2.24) is 30.8 Å². The van der Waals surface area contributed by atoms with Gasteiger partial charge in [-0.1, -0.05) is 0 Å². The maximum atomic E-state index is 12.5. The van der Waals surface area contributed by atoms with Gasteiger partial charge in [-0.2, -0.15) is 0 Å². The SMILES string of the molecule is CCNC(=O)NC(C)(C)C(=O)N1CCC(OCCNC)C1.Nc1nccnc1C=O. The molecule has 0 aliphatic carbocycles. The van der Waals surface area contributed by atoms with E-state index in [4.69, 9.17) is 10.5 Å². The van der Waals surface area contributed by atoms with Gasteiger partial charge < -0.3 is 31.3 Å². The Morgan fingerprint density at radius 2 is 2.07 bits per heavy atom. The molecule has 1 aliphatic heterocycles. The second-order valence-corrected chi connectivity index (χ2v) is 7.19. The van der Waals surface area contributed by atoms with E-state index in [1.165, 1.54) is 12.4 Å². The van der Waals surface area contributed by atoms with Crippen LogP contribution in [-0.2, 0) is 9.53 Å². The van der Waals surface area contributed by atoms with Gasteiger partial charge in [0.1, 0.15) is 11.2 Å². The number of nitrogen functional groups attached to an aromatic ring is 1. The first-order valence-corrected chi connectivity index (χ1v) is 9.88. The standard InChI is InChI=1S/C14H28N4O3.C5H5N3O/c1-5-16-13(20)17-14(2,3)12(19)18-8-6-11(10-18)21-9-7-15-4;6-5-4(3-9)7-1-2-8-5/h11,15H,5-10H2,1-4H3,(H2,16,17,20);1-3H,(H2,6,8). The number of carbonyl (C=O) groups excluding carboxylic acids is 3. The monoisotopic (exact) mass is 423 g/mol. The lowest BCUT2D eigenvalue weighted by atomic mass is 10.0. The number of hydrogen-bond acceptors (Lipinski definition) is 8. The van der Waals surface area contributed by atoms with Crippen molar-refractivity contribution in [3.8, 4) is 0 Å². The lowest BCUT2D eigenvalue weighted by Gasteiger charge is -2.30. The highest BCUT2D eigenvalue weighted by molar-refractivity contribution is 5.90. The van der Waals surface area contributed by atoms with Gasteiger partial charge in [0.05, 0.1) is 12.7 Å². The Bertz CT molecular complexity index is 699. The fraction of sp³-hybridized carbons (Fsp3) is 0.632. The predicted octanol–water partition coefficient (Wildman–Crippen LogP) is -0.208. The summed E-state index contributed by atoms with van der Waals surface area (Å²) in [4.78, 5) is 43.2. The molecule has 3 amide bonds.